The lowest BCUT2D eigenvalue weighted by Crippen LogP contribution is -2.39. The van der Waals surface area contributed by atoms with E-state index < -0.39 is 6.10 Å². The molecule has 0 aliphatic carbocycles. The van der Waals surface area contributed by atoms with E-state index >= 15 is 0 Å². The fourth-order valence-electron chi connectivity index (χ4n) is 3.25. The first kappa shape index (κ1) is 17.1. The van der Waals surface area contributed by atoms with Gasteiger partial charge in [-0.15, -0.1) is 0 Å². The Kier molecular flexibility index (Phi) is 4.50. The van der Waals surface area contributed by atoms with Crippen LogP contribution in [0.15, 0.2) is 48.5 Å². The van der Waals surface area contributed by atoms with Crippen LogP contribution in [0.5, 0.6) is 5.75 Å². The summed E-state index contributed by atoms with van der Waals surface area (Å²) in [6.45, 7) is 0.722. The Bertz CT molecular complexity index is 894. The molecule has 2 aliphatic heterocycles. The van der Waals surface area contributed by atoms with Crippen LogP contribution in [0.25, 0.3) is 0 Å². The van der Waals surface area contributed by atoms with Crippen LogP contribution in [0, 0.1) is 0 Å². The van der Waals surface area contributed by atoms with Gasteiger partial charge in [-0.25, -0.2) is 0 Å². The molecule has 0 saturated carbocycles. The van der Waals surface area contributed by atoms with Crippen molar-refractivity contribution in [1.82, 2.24) is 0 Å². The highest BCUT2D eigenvalue weighted by Gasteiger charge is 2.29. The van der Waals surface area contributed by atoms with Crippen LogP contribution >= 0.6 is 0 Å². The van der Waals surface area contributed by atoms with E-state index in [9.17, 15) is 14.4 Å². The average Bonchev–Trinajstić information content (AvgIpc) is 3.09. The minimum atomic E-state index is -0.874. The molecule has 0 radical (unpaired) electrons. The highest BCUT2D eigenvalue weighted by molar-refractivity contribution is 6.02. The first-order chi connectivity index (χ1) is 13.1. The molecule has 0 unspecified atom stereocenters. The molecule has 0 bridgehead atoms. The Balaban J connectivity index is 1.37. The molecule has 2 aromatic rings. The number of hydrogen-bond acceptors (Lipinski definition) is 4. The molecule has 0 aromatic heterocycles. The lowest BCUT2D eigenvalue weighted by Gasteiger charge is -2.25. The number of fused-ring (bicyclic) bond motifs is 1. The molecule has 27 heavy (non-hydrogen) atoms. The second-order valence-corrected chi connectivity index (χ2v) is 6.54. The number of ether oxygens (including phenoxy) is 1. The van der Waals surface area contributed by atoms with Crippen molar-refractivity contribution in [3.63, 3.8) is 0 Å². The van der Waals surface area contributed by atoms with Gasteiger partial charge in [0.05, 0.1) is 12.1 Å². The number of amides is 3. The minimum Gasteiger partial charge on any atom is -0.478 e. The van der Waals surface area contributed by atoms with Crippen LogP contribution in [0.3, 0.4) is 0 Å². The zero-order chi connectivity index (χ0) is 18.8. The molecule has 1 fully saturated rings. The average molecular weight is 365 g/mol. The van der Waals surface area contributed by atoms with Crippen LogP contribution in [0.1, 0.15) is 19.3 Å². The number of carbonyl (C=O) groups is 3. The predicted molar refractivity (Wildman–Crippen MR) is 101 cm³/mol. The quantitative estimate of drug-likeness (QED) is 0.872. The van der Waals surface area contributed by atoms with Gasteiger partial charge in [-0.05, 0) is 42.8 Å². The van der Waals surface area contributed by atoms with Crippen molar-refractivity contribution in [2.75, 3.05) is 22.1 Å². The highest BCUT2D eigenvalue weighted by Crippen LogP contribution is 2.30. The third-order valence-electron chi connectivity index (χ3n) is 4.61. The monoisotopic (exact) mass is 365 g/mol. The Hall–Kier alpha value is -3.35. The molecule has 2 N–H and O–H groups in total. The molecule has 2 heterocycles. The summed E-state index contributed by atoms with van der Waals surface area (Å²) < 4.78 is 5.63. The zero-order valence-electron chi connectivity index (χ0n) is 14.6. The van der Waals surface area contributed by atoms with E-state index in [1.165, 1.54) is 0 Å². The minimum absolute atomic E-state index is 0.0907. The van der Waals surface area contributed by atoms with Crippen LogP contribution in [0.2, 0.25) is 0 Å². The molecule has 138 valence electrons. The summed E-state index contributed by atoms with van der Waals surface area (Å²) in [6, 6.07) is 14.2. The van der Waals surface area contributed by atoms with E-state index in [0.717, 1.165) is 18.7 Å². The van der Waals surface area contributed by atoms with Crippen molar-refractivity contribution in [3.05, 3.63) is 48.5 Å². The smallest absolute Gasteiger partial charge is 0.266 e. The van der Waals surface area contributed by atoms with E-state index in [1.54, 1.807) is 53.4 Å². The van der Waals surface area contributed by atoms with Crippen LogP contribution < -0.4 is 20.3 Å². The second kappa shape index (κ2) is 7.11. The van der Waals surface area contributed by atoms with Crippen molar-refractivity contribution < 1.29 is 19.1 Å². The Morgan fingerprint density at radius 2 is 1.93 bits per heavy atom. The second-order valence-electron chi connectivity index (χ2n) is 6.54. The van der Waals surface area contributed by atoms with Gasteiger partial charge in [-0.1, -0.05) is 12.1 Å². The third kappa shape index (κ3) is 3.62. The number of hydrogen-bond donors (Lipinski definition) is 2. The lowest BCUT2D eigenvalue weighted by molar-refractivity contribution is -0.128. The van der Waals surface area contributed by atoms with Gasteiger partial charge in [0.1, 0.15) is 5.75 Å². The van der Waals surface area contributed by atoms with E-state index in [-0.39, 0.29) is 24.1 Å². The maximum atomic E-state index is 12.3. The fourth-order valence-corrected chi connectivity index (χ4v) is 3.25. The van der Waals surface area contributed by atoms with Crippen molar-refractivity contribution in [3.8, 4) is 5.75 Å². The van der Waals surface area contributed by atoms with E-state index in [1.807, 2.05) is 0 Å². The summed E-state index contributed by atoms with van der Waals surface area (Å²) >= 11 is 0. The van der Waals surface area contributed by atoms with Gasteiger partial charge in [0.15, 0.2) is 6.10 Å². The fraction of sp³-hybridized carbons (Fsp3) is 0.250. The molecule has 4 rings (SSSR count). The molecule has 3 amide bonds. The first-order valence-electron chi connectivity index (χ1n) is 8.87. The number of nitrogens with zero attached hydrogens (tertiary/aromatic N) is 1. The van der Waals surface area contributed by atoms with Gasteiger partial charge < -0.3 is 20.3 Å². The number of anilines is 3. The third-order valence-corrected chi connectivity index (χ3v) is 4.61. The SMILES string of the molecule is O=C(C[C@H]1Oc2ccccc2NC1=O)Nc1ccc(N2CCCC2=O)cc1. The standard InChI is InChI=1S/C20H19N3O4/c24-18(12-17-20(26)22-15-4-1-2-5-16(15)27-17)21-13-7-9-14(10-8-13)23-11-3-6-19(23)25/h1-2,4-5,7-10,17H,3,6,11-12H2,(H,21,24)(H,22,26)/t17-/m1/s1. The molecule has 0 spiro atoms. The summed E-state index contributed by atoms with van der Waals surface area (Å²) in [5, 5.41) is 5.50. The predicted octanol–water partition coefficient (Wildman–Crippen LogP) is 2.54. The Morgan fingerprint density at radius 3 is 2.67 bits per heavy atom. The molecular formula is C20H19N3O4. The van der Waals surface area contributed by atoms with Crippen LogP contribution in [-0.4, -0.2) is 30.4 Å². The molecular weight excluding hydrogens is 346 g/mol. The van der Waals surface area contributed by atoms with Crippen molar-refractivity contribution in [2.24, 2.45) is 0 Å². The zero-order valence-corrected chi connectivity index (χ0v) is 14.6. The summed E-state index contributed by atoms with van der Waals surface area (Å²) in [6.07, 6.45) is 0.475. The first-order valence-corrected chi connectivity index (χ1v) is 8.87. The normalized spacial score (nSPS) is 18.5. The van der Waals surface area contributed by atoms with E-state index in [2.05, 4.69) is 10.6 Å². The molecule has 1 saturated heterocycles. The topological polar surface area (TPSA) is 87.7 Å². The summed E-state index contributed by atoms with van der Waals surface area (Å²) in [5.74, 6) is 0.00772. The number of nitrogens with one attached hydrogen (secondary N) is 2. The van der Waals surface area contributed by atoms with Crippen molar-refractivity contribution in [2.45, 2.75) is 25.4 Å². The number of benzene rings is 2. The van der Waals surface area contributed by atoms with Crippen molar-refractivity contribution >= 4 is 34.8 Å². The van der Waals surface area contributed by atoms with Crippen molar-refractivity contribution in [1.29, 1.82) is 0 Å². The largest absolute Gasteiger partial charge is 0.478 e. The number of para-hydroxylation sites is 2. The molecule has 1 atom stereocenters. The van der Waals surface area contributed by atoms with Crippen LogP contribution in [-0.2, 0) is 14.4 Å². The van der Waals surface area contributed by atoms with E-state index in [4.69, 9.17) is 4.74 Å². The van der Waals surface area contributed by atoms with Gasteiger partial charge in [0.2, 0.25) is 11.8 Å². The number of rotatable bonds is 4. The van der Waals surface area contributed by atoms with Crippen LogP contribution in [0.4, 0.5) is 17.1 Å². The summed E-state index contributed by atoms with van der Waals surface area (Å²) in [4.78, 5) is 37.9. The molecule has 7 nitrogen and oxygen atoms in total. The van der Waals surface area contributed by atoms with Gasteiger partial charge in [0, 0.05) is 24.3 Å². The molecule has 2 aromatic carbocycles. The van der Waals surface area contributed by atoms with Gasteiger partial charge in [-0.2, -0.15) is 0 Å². The van der Waals surface area contributed by atoms with Gasteiger partial charge in [0.25, 0.3) is 5.91 Å². The molecule has 7 heteroatoms. The highest BCUT2D eigenvalue weighted by atomic mass is 16.5. The maximum Gasteiger partial charge on any atom is 0.266 e. The summed E-state index contributed by atoms with van der Waals surface area (Å²) in [5.41, 5.74) is 2.03. The molecule has 2 aliphatic rings. The van der Waals surface area contributed by atoms with Gasteiger partial charge >= 0.3 is 0 Å². The van der Waals surface area contributed by atoms with Gasteiger partial charge in [-0.3, -0.25) is 14.4 Å². The maximum absolute atomic E-state index is 12.3. The summed E-state index contributed by atoms with van der Waals surface area (Å²) in [7, 11) is 0. The Labute approximate surface area is 156 Å². The lowest BCUT2D eigenvalue weighted by atomic mass is 10.1. The van der Waals surface area contributed by atoms with E-state index in [0.29, 0.717) is 23.5 Å². The number of carbonyl (C=O) groups excluding carboxylic acids is 3. The Morgan fingerprint density at radius 1 is 1.15 bits per heavy atom.